The molecular weight excluding hydrogens is 301 g/mol. The van der Waals surface area contributed by atoms with Crippen LogP contribution >= 0.6 is 23.2 Å². The van der Waals surface area contributed by atoms with Gasteiger partial charge in [0.1, 0.15) is 5.75 Å². The van der Waals surface area contributed by atoms with Crippen molar-refractivity contribution in [1.29, 1.82) is 0 Å². The smallest absolute Gasteiger partial charge is 0.138 e. The average Bonchev–Trinajstić information content (AvgIpc) is 2.84. The molecule has 1 atom stereocenters. The number of benzene rings is 1. The second-order valence-corrected chi connectivity index (χ2v) is 6.12. The first-order chi connectivity index (χ1) is 9.56. The highest BCUT2D eigenvalue weighted by Crippen LogP contribution is 2.33. The van der Waals surface area contributed by atoms with Crippen molar-refractivity contribution in [2.45, 2.75) is 19.4 Å². The van der Waals surface area contributed by atoms with Crippen molar-refractivity contribution >= 4 is 23.2 Å². The first-order valence-corrected chi connectivity index (χ1v) is 7.38. The molecule has 0 bridgehead atoms. The number of halogens is 2. The van der Waals surface area contributed by atoms with Crippen molar-refractivity contribution in [2.75, 3.05) is 26.4 Å². The van der Waals surface area contributed by atoms with Crippen LogP contribution in [0.4, 0.5) is 0 Å². The van der Waals surface area contributed by atoms with Gasteiger partial charge in [-0.25, -0.2) is 0 Å². The number of rotatable bonds is 6. The molecule has 112 valence electrons. The number of aromatic hydroxyl groups is 1. The van der Waals surface area contributed by atoms with Gasteiger partial charge in [0.2, 0.25) is 0 Å². The van der Waals surface area contributed by atoms with Gasteiger partial charge in [-0.2, -0.15) is 0 Å². The maximum atomic E-state index is 9.89. The SMILES string of the molecule is OCCC1(CNCc2cc(Cl)cc(Cl)c2O)CCOC1. The molecule has 2 rings (SSSR count). The predicted molar refractivity (Wildman–Crippen MR) is 79.4 cm³/mol. The quantitative estimate of drug-likeness (QED) is 0.754. The number of nitrogens with one attached hydrogen (secondary N) is 1. The fourth-order valence-corrected chi connectivity index (χ4v) is 3.06. The van der Waals surface area contributed by atoms with Gasteiger partial charge in [0.15, 0.2) is 0 Å². The van der Waals surface area contributed by atoms with E-state index in [2.05, 4.69) is 5.32 Å². The Morgan fingerprint density at radius 1 is 1.35 bits per heavy atom. The maximum absolute atomic E-state index is 9.89. The minimum Gasteiger partial charge on any atom is -0.506 e. The molecular formula is C14H19Cl2NO3. The number of phenols is 1. The van der Waals surface area contributed by atoms with Crippen LogP contribution in [0.15, 0.2) is 12.1 Å². The zero-order valence-corrected chi connectivity index (χ0v) is 12.7. The molecule has 0 radical (unpaired) electrons. The van der Waals surface area contributed by atoms with Crippen molar-refractivity contribution in [3.63, 3.8) is 0 Å². The Morgan fingerprint density at radius 2 is 2.15 bits per heavy atom. The standard InChI is InChI=1S/C14H19Cl2NO3/c15-11-5-10(13(19)12(16)6-11)7-17-8-14(1-3-18)2-4-20-9-14/h5-6,17-19H,1-4,7-9H2. The number of ether oxygens (including phenoxy) is 1. The second-order valence-electron chi connectivity index (χ2n) is 5.28. The monoisotopic (exact) mass is 319 g/mol. The van der Waals surface area contributed by atoms with Gasteiger partial charge in [0, 0.05) is 42.3 Å². The second kappa shape index (κ2) is 6.96. The van der Waals surface area contributed by atoms with E-state index in [0.29, 0.717) is 30.2 Å². The molecule has 0 spiro atoms. The van der Waals surface area contributed by atoms with E-state index in [1.807, 2.05) is 0 Å². The van der Waals surface area contributed by atoms with E-state index in [-0.39, 0.29) is 22.8 Å². The van der Waals surface area contributed by atoms with Crippen LogP contribution in [0.1, 0.15) is 18.4 Å². The highest BCUT2D eigenvalue weighted by atomic mass is 35.5. The maximum Gasteiger partial charge on any atom is 0.138 e. The van der Waals surface area contributed by atoms with E-state index in [0.717, 1.165) is 19.6 Å². The molecule has 3 N–H and O–H groups in total. The van der Waals surface area contributed by atoms with Gasteiger partial charge >= 0.3 is 0 Å². The summed E-state index contributed by atoms with van der Waals surface area (Å²) in [5.74, 6) is 0.0578. The lowest BCUT2D eigenvalue weighted by Crippen LogP contribution is -2.35. The summed E-state index contributed by atoms with van der Waals surface area (Å²) in [6, 6.07) is 3.21. The van der Waals surface area contributed by atoms with E-state index >= 15 is 0 Å². The Labute approximate surface area is 128 Å². The summed E-state index contributed by atoms with van der Waals surface area (Å²) in [6.07, 6.45) is 1.64. The minimum absolute atomic E-state index is 0.0211. The third-order valence-electron chi connectivity index (χ3n) is 3.75. The Kier molecular flexibility index (Phi) is 5.52. The summed E-state index contributed by atoms with van der Waals surface area (Å²) in [4.78, 5) is 0. The molecule has 4 nitrogen and oxygen atoms in total. The zero-order valence-electron chi connectivity index (χ0n) is 11.2. The van der Waals surface area contributed by atoms with Crippen LogP contribution in [-0.2, 0) is 11.3 Å². The lowest BCUT2D eigenvalue weighted by Gasteiger charge is -2.27. The van der Waals surface area contributed by atoms with E-state index in [1.54, 1.807) is 6.07 Å². The number of phenolic OH excluding ortho intramolecular Hbond substituents is 1. The lowest BCUT2D eigenvalue weighted by atomic mass is 9.84. The fraction of sp³-hybridized carbons (Fsp3) is 0.571. The van der Waals surface area contributed by atoms with Crippen molar-refractivity contribution in [1.82, 2.24) is 5.32 Å². The van der Waals surface area contributed by atoms with Gasteiger partial charge in [0.05, 0.1) is 11.6 Å². The summed E-state index contributed by atoms with van der Waals surface area (Å²) >= 11 is 11.8. The Hall–Kier alpha value is -0.520. The molecule has 6 heteroatoms. The van der Waals surface area contributed by atoms with Crippen molar-refractivity contribution < 1.29 is 14.9 Å². The highest BCUT2D eigenvalue weighted by Gasteiger charge is 2.33. The Bertz CT molecular complexity index is 462. The third kappa shape index (κ3) is 3.77. The van der Waals surface area contributed by atoms with Gasteiger partial charge < -0.3 is 20.3 Å². The van der Waals surface area contributed by atoms with Crippen LogP contribution in [0, 0.1) is 5.41 Å². The molecule has 1 unspecified atom stereocenters. The van der Waals surface area contributed by atoms with Crippen LogP contribution in [0.2, 0.25) is 10.0 Å². The molecule has 0 aliphatic carbocycles. The first kappa shape index (κ1) is 15.9. The van der Waals surface area contributed by atoms with Crippen LogP contribution < -0.4 is 5.32 Å². The van der Waals surface area contributed by atoms with Crippen LogP contribution in [0.5, 0.6) is 5.75 Å². The first-order valence-electron chi connectivity index (χ1n) is 6.62. The third-order valence-corrected chi connectivity index (χ3v) is 4.26. The molecule has 1 aliphatic rings. The normalized spacial score (nSPS) is 22.4. The van der Waals surface area contributed by atoms with E-state index in [9.17, 15) is 5.11 Å². The average molecular weight is 320 g/mol. The molecule has 20 heavy (non-hydrogen) atoms. The molecule has 1 saturated heterocycles. The Morgan fingerprint density at radius 3 is 2.80 bits per heavy atom. The summed E-state index contributed by atoms with van der Waals surface area (Å²) in [6.45, 7) is 2.73. The Balaban J connectivity index is 1.95. The van der Waals surface area contributed by atoms with E-state index in [1.165, 1.54) is 6.07 Å². The fourth-order valence-electron chi connectivity index (χ4n) is 2.53. The van der Waals surface area contributed by atoms with Crippen LogP contribution in [-0.4, -0.2) is 36.6 Å². The molecule has 1 aromatic carbocycles. The van der Waals surface area contributed by atoms with Crippen LogP contribution in [0.25, 0.3) is 0 Å². The molecule has 1 aliphatic heterocycles. The number of aliphatic hydroxyl groups excluding tert-OH is 1. The summed E-state index contributed by atoms with van der Waals surface area (Å²) in [5, 5.41) is 23.1. The highest BCUT2D eigenvalue weighted by molar-refractivity contribution is 6.35. The van der Waals surface area contributed by atoms with Crippen molar-refractivity contribution in [3.8, 4) is 5.75 Å². The molecule has 1 aromatic rings. The van der Waals surface area contributed by atoms with Gasteiger partial charge in [-0.15, -0.1) is 0 Å². The van der Waals surface area contributed by atoms with Gasteiger partial charge in [-0.1, -0.05) is 23.2 Å². The molecule has 1 heterocycles. The summed E-state index contributed by atoms with van der Waals surface area (Å²) in [7, 11) is 0. The van der Waals surface area contributed by atoms with E-state index in [4.69, 9.17) is 33.0 Å². The molecule has 1 fully saturated rings. The summed E-state index contributed by atoms with van der Waals surface area (Å²) in [5.41, 5.74) is 0.646. The topological polar surface area (TPSA) is 61.7 Å². The number of aliphatic hydroxyl groups is 1. The van der Waals surface area contributed by atoms with Crippen LogP contribution in [0.3, 0.4) is 0 Å². The van der Waals surface area contributed by atoms with Crippen molar-refractivity contribution in [3.05, 3.63) is 27.7 Å². The lowest BCUT2D eigenvalue weighted by molar-refractivity contribution is 0.124. The largest absolute Gasteiger partial charge is 0.506 e. The predicted octanol–water partition coefficient (Wildman–Crippen LogP) is 2.58. The number of hydrogen-bond donors (Lipinski definition) is 3. The summed E-state index contributed by atoms with van der Waals surface area (Å²) < 4.78 is 5.44. The van der Waals surface area contributed by atoms with Gasteiger partial charge in [0.25, 0.3) is 0 Å². The zero-order chi connectivity index (χ0) is 14.6. The molecule has 0 aromatic heterocycles. The minimum atomic E-state index is -0.0211. The van der Waals surface area contributed by atoms with E-state index < -0.39 is 0 Å². The van der Waals surface area contributed by atoms with Gasteiger partial charge in [-0.05, 0) is 25.0 Å². The van der Waals surface area contributed by atoms with Gasteiger partial charge in [-0.3, -0.25) is 0 Å². The van der Waals surface area contributed by atoms with Crippen molar-refractivity contribution in [2.24, 2.45) is 5.41 Å². The molecule has 0 amide bonds. The number of hydrogen-bond acceptors (Lipinski definition) is 4. The molecule has 0 saturated carbocycles.